The Morgan fingerprint density at radius 3 is 2.45 bits per heavy atom. The van der Waals surface area contributed by atoms with Crippen molar-refractivity contribution in [2.24, 2.45) is 0 Å². The van der Waals surface area contributed by atoms with Crippen LogP contribution in [0.4, 0.5) is 13.2 Å². The second-order valence-electron chi connectivity index (χ2n) is 4.36. The predicted octanol–water partition coefficient (Wildman–Crippen LogP) is 1.83. The van der Waals surface area contributed by atoms with Crippen molar-refractivity contribution in [3.63, 3.8) is 0 Å². The number of rotatable bonds is 7. The molecule has 22 heavy (non-hydrogen) atoms. The SMILES string of the molecule is CC(=O)NCCCNC(=O)CSc1ccc(C(F)(F)F)cn1. The molecule has 2 amide bonds. The summed E-state index contributed by atoms with van der Waals surface area (Å²) in [4.78, 5) is 25.8. The van der Waals surface area contributed by atoms with Crippen molar-refractivity contribution >= 4 is 23.6 Å². The van der Waals surface area contributed by atoms with E-state index in [1.165, 1.54) is 13.0 Å². The van der Waals surface area contributed by atoms with E-state index in [2.05, 4.69) is 15.6 Å². The topological polar surface area (TPSA) is 71.1 Å². The van der Waals surface area contributed by atoms with E-state index in [9.17, 15) is 22.8 Å². The molecule has 2 N–H and O–H groups in total. The number of carbonyl (C=O) groups is 2. The van der Waals surface area contributed by atoms with Crippen LogP contribution in [0.1, 0.15) is 18.9 Å². The van der Waals surface area contributed by atoms with Gasteiger partial charge >= 0.3 is 6.18 Å². The fourth-order valence-corrected chi connectivity index (χ4v) is 2.08. The van der Waals surface area contributed by atoms with Crippen LogP contribution in [-0.2, 0) is 15.8 Å². The Morgan fingerprint density at radius 1 is 1.23 bits per heavy atom. The van der Waals surface area contributed by atoms with Gasteiger partial charge in [0.2, 0.25) is 11.8 Å². The van der Waals surface area contributed by atoms with E-state index in [0.717, 1.165) is 24.0 Å². The third kappa shape index (κ3) is 7.30. The average molecular weight is 335 g/mol. The minimum absolute atomic E-state index is 0.0680. The molecule has 0 radical (unpaired) electrons. The zero-order valence-corrected chi connectivity index (χ0v) is 12.7. The summed E-state index contributed by atoms with van der Waals surface area (Å²) in [5, 5.41) is 5.59. The second kappa shape index (κ2) is 8.62. The van der Waals surface area contributed by atoms with Crippen molar-refractivity contribution in [3.8, 4) is 0 Å². The van der Waals surface area contributed by atoms with Crippen LogP contribution >= 0.6 is 11.8 Å². The van der Waals surface area contributed by atoms with E-state index in [-0.39, 0.29) is 17.6 Å². The quantitative estimate of drug-likeness (QED) is 0.589. The van der Waals surface area contributed by atoms with Gasteiger partial charge in [0.25, 0.3) is 0 Å². The van der Waals surface area contributed by atoms with Crippen molar-refractivity contribution in [2.75, 3.05) is 18.8 Å². The second-order valence-corrected chi connectivity index (χ2v) is 5.35. The van der Waals surface area contributed by atoms with Crippen LogP contribution in [0.2, 0.25) is 0 Å². The monoisotopic (exact) mass is 335 g/mol. The van der Waals surface area contributed by atoms with Gasteiger partial charge in [0.15, 0.2) is 0 Å². The molecule has 1 aromatic rings. The van der Waals surface area contributed by atoms with Crippen LogP contribution in [0.25, 0.3) is 0 Å². The highest BCUT2D eigenvalue weighted by molar-refractivity contribution is 7.99. The molecule has 0 atom stereocenters. The highest BCUT2D eigenvalue weighted by Gasteiger charge is 2.30. The lowest BCUT2D eigenvalue weighted by molar-refractivity contribution is -0.138. The van der Waals surface area contributed by atoms with E-state index in [0.29, 0.717) is 24.5 Å². The molecule has 1 heterocycles. The molecule has 0 fully saturated rings. The summed E-state index contributed by atoms with van der Waals surface area (Å²) in [5.74, 6) is -0.303. The van der Waals surface area contributed by atoms with Crippen molar-refractivity contribution in [1.29, 1.82) is 0 Å². The molecule has 0 saturated carbocycles. The minimum Gasteiger partial charge on any atom is -0.356 e. The Labute approximate surface area is 130 Å². The van der Waals surface area contributed by atoms with Crippen LogP contribution in [-0.4, -0.2) is 35.6 Å². The number of aromatic nitrogens is 1. The fraction of sp³-hybridized carbons (Fsp3) is 0.462. The summed E-state index contributed by atoms with van der Waals surface area (Å²) in [5.41, 5.74) is -0.820. The van der Waals surface area contributed by atoms with Gasteiger partial charge in [-0.1, -0.05) is 11.8 Å². The van der Waals surface area contributed by atoms with Gasteiger partial charge in [-0.15, -0.1) is 0 Å². The molecule has 0 unspecified atom stereocenters. The lowest BCUT2D eigenvalue weighted by Crippen LogP contribution is -2.29. The molecule has 9 heteroatoms. The van der Waals surface area contributed by atoms with Gasteiger partial charge in [-0.25, -0.2) is 4.98 Å². The number of amides is 2. The maximum atomic E-state index is 12.3. The highest BCUT2D eigenvalue weighted by atomic mass is 32.2. The number of alkyl halides is 3. The first kappa shape index (κ1) is 18.3. The minimum atomic E-state index is -4.42. The number of carbonyl (C=O) groups excluding carboxylic acids is 2. The number of hydrogen-bond donors (Lipinski definition) is 2. The summed E-state index contributed by atoms with van der Waals surface area (Å²) in [6.45, 7) is 2.30. The van der Waals surface area contributed by atoms with Gasteiger partial charge in [-0.2, -0.15) is 13.2 Å². The van der Waals surface area contributed by atoms with Gasteiger partial charge in [0.05, 0.1) is 16.3 Å². The van der Waals surface area contributed by atoms with Crippen LogP contribution in [0, 0.1) is 0 Å². The van der Waals surface area contributed by atoms with E-state index < -0.39 is 11.7 Å². The van der Waals surface area contributed by atoms with Crippen LogP contribution in [0.5, 0.6) is 0 Å². The highest BCUT2D eigenvalue weighted by Crippen LogP contribution is 2.29. The maximum absolute atomic E-state index is 12.3. The molecule has 0 aromatic carbocycles. The molecule has 0 aliphatic carbocycles. The number of halogens is 3. The molecule has 5 nitrogen and oxygen atoms in total. The Balaban J connectivity index is 2.25. The van der Waals surface area contributed by atoms with E-state index in [4.69, 9.17) is 0 Å². The Hall–Kier alpha value is -1.77. The van der Waals surface area contributed by atoms with E-state index in [1.54, 1.807) is 0 Å². The summed E-state index contributed by atoms with van der Waals surface area (Å²) in [7, 11) is 0. The lowest BCUT2D eigenvalue weighted by Gasteiger charge is -2.07. The summed E-state index contributed by atoms with van der Waals surface area (Å²) in [6.07, 6.45) is -3.07. The number of thioether (sulfide) groups is 1. The molecule has 1 rings (SSSR count). The van der Waals surface area contributed by atoms with E-state index >= 15 is 0 Å². The van der Waals surface area contributed by atoms with Crippen LogP contribution in [0.15, 0.2) is 23.4 Å². The van der Waals surface area contributed by atoms with Gasteiger partial charge in [0.1, 0.15) is 0 Å². The first-order chi connectivity index (χ1) is 10.3. The van der Waals surface area contributed by atoms with Crippen molar-refractivity contribution in [1.82, 2.24) is 15.6 Å². The predicted molar refractivity (Wildman–Crippen MR) is 76.3 cm³/mol. The molecular weight excluding hydrogens is 319 g/mol. The molecule has 1 aromatic heterocycles. The molecular formula is C13H16F3N3O2S. The third-order valence-electron chi connectivity index (χ3n) is 2.46. The van der Waals surface area contributed by atoms with Gasteiger partial charge in [-0.3, -0.25) is 9.59 Å². The smallest absolute Gasteiger partial charge is 0.356 e. The molecule has 0 aliphatic heterocycles. The average Bonchev–Trinajstić information content (AvgIpc) is 2.44. The first-order valence-electron chi connectivity index (χ1n) is 6.46. The number of pyridine rings is 1. The standard InChI is InChI=1S/C13H16F3N3O2S/c1-9(20)17-5-2-6-18-11(21)8-22-12-4-3-10(7-19-12)13(14,15)16/h3-4,7H,2,5-6,8H2,1H3,(H,17,20)(H,18,21). The zero-order valence-electron chi connectivity index (χ0n) is 11.9. The molecule has 0 spiro atoms. The first-order valence-corrected chi connectivity index (χ1v) is 7.45. The number of nitrogens with one attached hydrogen (secondary N) is 2. The maximum Gasteiger partial charge on any atom is 0.417 e. The Morgan fingerprint density at radius 2 is 1.91 bits per heavy atom. The van der Waals surface area contributed by atoms with Gasteiger partial charge in [0, 0.05) is 26.2 Å². The molecule has 0 bridgehead atoms. The summed E-state index contributed by atoms with van der Waals surface area (Å²) < 4.78 is 37.0. The fourth-order valence-electron chi connectivity index (χ4n) is 1.40. The Kier molecular flexibility index (Phi) is 7.16. The van der Waals surface area contributed by atoms with Crippen molar-refractivity contribution in [3.05, 3.63) is 23.9 Å². The molecule has 122 valence electrons. The Bertz CT molecular complexity index is 506. The number of nitrogens with zero attached hydrogens (tertiary/aromatic N) is 1. The molecule has 0 saturated heterocycles. The lowest BCUT2D eigenvalue weighted by atomic mass is 10.3. The zero-order chi connectivity index (χ0) is 16.6. The van der Waals surface area contributed by atoms with Crippen molar-refractivity contribution in [2.45, 2.75) is 24.5 Å². The van der Waals surface area contributed by atoms with Crippen LogP contribution < -0.4 is 10.6 Å². The third-order valence-corrected chi connectivity index (χ3v) is 3.41. The summed E-state index contributed by atoms with van der Waals surface area (Å²) >= 11 is 1.06. The number of hydrogen-bond acceptors (Lipinski definition) is 4. The van der Waals surface area contributed by atoms with Crippen LogP contribution in [0.3, 0.4) is 0 Å². The molecule has 0 aliphatic rings. The van der Waals surface area contributed by atoms with Gasteiger partial charge in [-0.05, 0) is 18.6 Å². The van der Waals surface area contributed by atoms with Crippen molar-refractivity contribution < 1.29 is 22.8 Å². The van der Waals surface area contributed by atoms with Gasteiger partial charge < -0.3 is 10.6 Å². The summed E-state index contributed by atoms with van der Waals surface area (Å²) in [6, 6.07) is 2.16. The van der Waals surface area contributed by atoms with E-state index in [1.807, 2.05) is 0 Å². The largest absolute Gasteiger partial charge is 0.417 e. The normalized spacial score (nSPS) is 11.1.